The summed E-state index contributed by atoms with van der Waals surface area (Å²) in [5.74, 6) is 0.945. The number of benzene rings is 1. The Labute approximate surface area is 122 Å². The van der Waals surface area contributed by atoms with E-state index in [2.05, 4.69) is 18.0 Å². The van der Waals surface area contributed by atoms with Gasteiger partial charge in [-0.15, -0.1) is 0 Å². The number of hydrogen-bond donors (Lipinski definition) is 1. The van der Waals surface area contributed by atoms with Gasteiger partial charge in [0.05, 0.1) is 7.11 Å². The molecule has 20 heavy (non-hydrogen) atoms. The van der Waals surface area contributed by atoms with Crippen LogP contribution in [-0.4, -0.2) is 37.3 Å². The van der Waals surface area contributed by atoms with Crippen molar-refractivity contribution in [3.05, 3.63) is 29.8 Å². The molecule has 0 atom stereocenters. The molecule has 0 amide bonds. The Morgan fingerprint density at radius 1 is 1.20 bits per heavy atom. The molecule has 1 aromatic carbocycles. The highest BCUT2D eigenvalue weighted by molar-refractivity contribution is 5.33. The molecular formula is C17H27NO2. The molecule has 1 N–H and O–H groups in total. The van der Waals surface area contributed by atoms with Crippen LogP contribution in [0.3, 0.4) is 0 Å². The van der Waals surface area contributed by atoms with Crippen LogP contribution in [0.15, 0.2) is 24.3 Å². The van der Waals surface area contributed by atoms with E-state index in [1.165, 1.54) is 24.8 Å². The van der Waals surface area contributed by atoms with Crippen LogP contribution in [0, 0.1) is 5.41 Å². The van der Waals surface area contributed by atoms with Crippen molar-refractivity contribution in [1.82, 2.24) is 4.90 Å². The van der Waals surface area contributed by atoms with Gasteiger partial charge < -0.3 is 14.7 Å². The molecule has 3 nitrogen and oxygen atoms in total. The average molecular weight is 277 g/mol. The third-order valence-electron chi connectivity index (χ3n) is 4.49. The maximum Gasteiger partial charge on any atom is 0.123 e. The largest absolute Gasteiger partial charge is 0.496 e. The first-order valence-electron chi connectivity index (χ1n) is 7.60. The lowest BCUT2D eigenvalue weighted by molar-refractivity contribution is 0.0462. The number of ether oxygens (including phenoxy) is 1. The maximum atomic E-state index is 9.81. The standard InChI is InChI=1S/C17H27NO2/c1-18(12-15-8-4-5-9-16(15)20-2)13-17(14-19)10-6-3-7-11-17/h4-5,8-9,19H,3,6-7,10-14H2,1-2H3. The van der Waals surface area contributed by atoms with Gasteiger partial charge in [-0.1, -0.05) is 37.5 Å². The van der Waals surface area contributed by atoms with Gasteiger partial charge in [-0.25, -0.2) is 0 Å². The highest BCUT2D eigenvalue weighted by Gasteiger charge is 2.32. The molecule has 112 valence electrons. The zero-order valence-corrected chi connectivity index (χ0v) is 12.8. The normalized spacial score (nSPS) is 18.2. The second-order valence-corrected chi connectivity index (χ2v) is 6.20. The SMILES string of the molecule is COc1ccccc1CN(C)CC1(CO)CCCCC1. The first-order valence-corrected chi connectivity index (χ1v) is 7.60. The molecule has 0 aliphatic heterocycles. The molecule has 0 unspecified atom stereocenters. The Morgan fingerprint density at radius 3 is 2.55 bits per heavy atom. The van der Waals surface area contributed by atoms with Crippen molar-refractivity contribution in [2.75, 3.05) is 27.3 Å². The number of methoxy groups -OCH3 is 1. The fourth-order valence-electron chi connectivity index (χ4n) is 3.42. The van der Waals surface area contributed by atoms with Gasteiger partial charge in [0, 0.05) is 30.7 Å². The Bertz CT molecular complexity index is 413. The molecule has 0 radical (unpaired) electrons. The number of para-hydroxylation sites is 1. The van der Waals surface area contributed by atoms with Crippen molar-refractivity contribution in [2.24, 2.45) is 5.41 Å². The molecule has 1 aliphatic carbocycles. The van der Waals surface area contributed by atoms with E-state index in [9.17, 15) is 5.11 Å². The minimum Gasteiger partial charge on any atom is -0.496 e. The summed E-state index contributed by atoms with van der Waals surface area (Å²) in [6.45, 7) is 2.14. The van der Waals surface area contributed by atoms with E-state index >= 15 is 0 Å². The number of aliphatic hydroxyl groups excluding tert-OH is 1. The van der Waals surface area contributed by atoms with E-state index in [1.54, 1.807) is 7.11 Å². The molecule has 1 aliphatic rings. The molecule has 0 spiro atoms. The van der Waals surface area contributed by atoms with Crippen LogP contribution < -0.4 is 4.74 Å². The number of rotatable bonds is 6. The van der Waals surface area contributed by atoms with Gasteiger partial charge in [0.25, 0.3) is 0 Å². The van der Waals surface area contributed by atoms with E-state index < -0.39 is 0 Å². The van der Waals surface area contributed by atoms with E-state index in [1.807, 2.05) is 18.2 Å². The Hall–Kier alpha value is -1.06. The minimum absolute atomic E-state index is 0.106. The van der Waals surface area contributed by atoms with Crippen molar-refractivity contribution in [3.8, 4) is 5.75 Å². The minimum atomic E-state index is 0.106. The summed E-state index contributed by atoms with van der Waals surface area (Å²) in [5.41, 5.74) is 1.32. The zero-order valence-electron chi connectivity index (χ0n) is 12.8. The van der Waals surface area contributed by atoms with Gasteiger partial charge in [-0.05, 0) is 26.0 Å². The summed E-state index contributed by atoms with van der Waals surface area (Å²) >= 11 is 0. The number of nitrogens with zero attached hydrogens (tertiary/aromatic N) is 1. The van der Waals surface area contributed by atoms with E-state index in [-0.39, 0.29) is 5.41 Å². The van der Waals surface area contributed by atoms with Crippen molar-refractivity contribution in [1.29, 1.82) is 0 Å². The Morgan fingerprint density at radius 2 is 1.90 bits per heavy atom. The van der Waals surface area contributed by atoms with Gasteiger partial charge in [-0.3, -0.25) is 0 Å². The Balaban J connectivity index is 1.99. The van der Waals surface area contributed by atoms with Gasteiger partial charge in [0.2, 0.25) is 0 Å². The molecule has 2 rings (SSSR count). The van der Waals surface area contributed by atoms with Crippen molar-refractivity contribution in [3.63, 3.8) is 0 Å². The lowest BCUT2D eigenvalue weighted by atomic mass is 9.74. The van der Waals surface area contributed by atoms with E-state index in [0.29, 0.717) is 6.61 Å². The fourth-order valence-corrected chi connectivity index (χ4v) is 3.42. The number of hydrogen-bond acceptors (Lipinski definition) is 3. The van der Waals surface area contributed by atoms with Crippen LogP contribution in [0.5, 0.6) is 5.75 Å². The lowest BCUT2D eigenvalue weighted by Gasteiger charge is -2.38. The fraction of sp³-hybridized carbons (Fsp3) is 0.647. The molecule has 1 saturated carbocycles. The first-order chi connectivity index (χ1) is 9.69. The second-order valence-electron chi connectivity index (χ2n) is 6.20. The highest BCUT2D eigenvalue weighted by atomic mass is 16.5. The molecule has 3 heteroatoms. The van der Waals surface area contributed by atoms with Gasteiger partial charge in [0.1, 0.15) is 5.75 Å². The molecule has 1 fully saturated rings. The monoisotopic (exact) mass is 277 g/mol. The van der Waals surface area contributed by atoms with Gasteiger partial charge in [-0.2, -0.15) is 0 Å². The van der Waals surface area contributed by atoms with Gasteiger partial charge >= 0.3 is 0 Å². The van der Waals surface area contributed by atoms with Gasteiger partial charge in [0.15, 0.2) is 0 Å². The summed E-state index contributed by atoms with van der Waals surface area (Å²) in [4.78, 5) is 2.32. The van der Waals surface area contributed by atoms with Crippen LogP contribution in [-0.2, 0) is 6.54 Å². The van der Waals surface area contributed by atoms with Crippen molar-refractivity contribution in [2.45, 2.75) is 38.6 Å². The van der Waals surface area contributed by atoms with Crippen molar-refractivity contribution < 1.29 is 9.84 Å². The molecular weight excluding hydrogens is 250 g/mol. The Kier molecular flexibility index (Phi) is 5.44. The van der Waals surface area contributed by atoms with E-state index in [0.717, 1.165) is 31.7 Å². The van der Waals surface area contributed by atoms with E-state index in [4.69, 9.17) is 4.74 Å². The molecule has 0 aromatic heterocycles. The topological polar surface area (TPSA) is 32.7 Å². The number of aliphatic hydroxyl groups is 1. The lowest BCUT2D eigenvalue weighted by Crippen LogP contribution is -2.39. The summed E-state index contributed by atoms with van der Waals surface area (Å²) in [6, 6.07) is 8.17. The molecule has 0 saturated heterocycles. The predicted molar refractivity (Wildman–Crippen MR) is 81.9 cm³/mol. The van der Waals surface area contributed by atoms with Crippen LogP contribution in [0.1, 0.15) is 37.7 Å². The molecule has 0 bridgehead atoms. The third kappa shape index (κ3) is 3.74. The smallest absolute Gasteiger partial charge is 0.123 e. The summed E-state index contributed by atoms with van der Waals surface area (Å²) in [6.07, 6.45) is 6.13. The van der Waals surface area contributed by atoms with Crippen molar-refractivity contribution >= 4 is 0 Å². The summed E-state index contributed by atoms with van der Waals surface area (Å²) in [5, 5.41) is 9.81. The quantitative estimate of drug-likeness (QED) is 0.867. The van der Waals surface area contributed by atoms with Crippen LogP contribution in [0.25, 0.3) is 0 Å². The third-order valence-corrected chi connectivity index (χ3v) is 4.49. The second kappa shape index (κ2) is 7.09. The molecule has 1 aromatic rings. The zero-order chi connectivity index (χ0) is 14.4. The predicted octanol–water partition coefficient (Wildman–Crippen LogP) is 3.07. The summed E-state index contributed by atoms with van der Waals surface area (Å²) < 4.78 is 5.41. The first kappa shape index (κ1) is 15.3. The highest BCUT2D eigenvalue weighted by Crippen LogP contribution is 2.36. The maximum absolute atomic E-state index is 9.81. The molecule has 0 heterocycles. The summed E-state index contributed by atoms with van der Waals surface area (Å²) in [7, 11) is 3.85. The average Bonchev–Trinajstić information content (AvgIpc) is 2.48. The van der Waals surface area contributed by atoms with Crippen LogP contribution in [0.4, 0.5) is 0 Å². The van der Waals surface area contributed by atoms with Crippen LogP contribution >= 0.6 is 0 Å². The van der Waals surface area contributed by atoms with Crippen LogP contribution in [0.2, 0.25) is 0 Å².